The maximum atomic E-state index is 4.04. The van der Waals surface area contributed by atoms with Crippen molar-refractivity contribution in [1.29, 1.82) is 0 Å². The van der Waals surface area contributed by atoms with Crippen molar-refractivity contribution in [3.8, 4) is 0 Å². The molecule has 0 aliphatic heterocycles. The average molecular weight is 201 g/mol. The minimum absolute atomic E-state index is 1.08. The van der Waals surface area contributed by atoms with Gasteiger partial charge >= 0.3 is 0 Å². The maximum absolute atomic E-state index is 4.04. The van der Waals surface area contributed by atoms with Gasteiger partial charge in [0.2, 0.25) is 0 Å². The van der Waals surface area contributed by atoms with Crippen LogP contribution in [-0.2, 0) is 0 Å². The summed E-state index contributed by atoms with van der Waals surface area (Å²) in [6.07, 6.45) is 13.8. The van der Waals surface area contributed by atoms with Gasteiger partial charge in [0.05, 0.1) is 0 Å². The minimum Gasteiger partial charge on any atom is -0.265 e. The Bertz CT molecular complexity index is 322. The monoisotopic (exact) mass is 201 g/mol. The molecule has 0 amide bonds. The summed E-state index contributed by atoms with van der Waals surface area (Å²) in [6.45, 7) is 4.35. The summed E-state index contributed by atoms with van der Waals surface area (Å²) in [4.78, 5) is 4.04. The Kier molecular flexibility index (Phi) is 5.46. The molecule has 1 rings (SSSR count). The third-order valence-corrected chi connectivity index (χ3v) is 2.20. The summed E-state index contributed by atoms with van der Waals surface area (Å²) < 4.78 is 0. The van der Waals surface area contributed by atoms with Crippen molar-refractivity contribution in [2.75, 3.05) is 0 Å². The van der Waals surface area contributed by atoms with Crippen LogP contribution in [-0.4, -0.2) is 4.98 Å². The van der Waals surface area contributed by atoms with Crippen molar-refractivity contribution < 1.29 is 0 Å². The molecular weight excluding hydrogens is 182 g/mol. The zero-order valence-electron chi connectivity index (χ0n) is 9.61. The van der Waals surface area contributed by atoms with E-state index in [0.29, 0.717) is 0 Å². The predicted octanol–water partition coefficient (Wildman–Crippen LogP) is 4.23. The lowest BCUT2D eigenvalue weighted by Gasteiger charge is -2.01. The molecule has 0 aromatic carbocycles. The first kappa shape index (κ1) is 11.7. The number of hydrogen-bond acceptors (Lipinski definition) is 1. The Balaban J connectivity index is 2.86. The third-order valence-electron chi connectivity index (χ3n) is 2.20. The van der Waals surface area contributed by atoms with Crippen molar-refractivity contribution in [2.45, 2.75) is 33.1 Å². The molecule has 0 aliphatic rings. The second kappa shape index (κ2) is 6.99. The molecule has 1 heterocycles. The smallest absolute Gasteiger partial charge is 0.0273 e. The van der Waals surface area contributed by atoms with E-state index < -0.39 is 0 Å². The van der Waals surface area contributed by atoms with Gasteiger partial charge in [-0.2, -0.15) is 0 Å². The van der Waals surface area contributed by atoms with Gasteiger partial charge in [0.25, 0.3) is 0 Å². The Morgan fingerprint density at radius 2 is 2.00 bits per heavy atom. The lowest BCUT2D eigenvalue weighted by atomic mass is 10.0. The first-order valence-corrected chi connectivity index (χ1v) is 5.65. The van der Waals surface area contributed by atoms with Gasteiger partial charge < -0.3 is 0 Å². The van der Waals surface area contributed by atoms with Crippen LogP contribution >= 0.6 is 0 Å². The van der Waals surface area contributed by atoms with Gasteiger partial charge in [-0.1, -0.05) is 38.5 Å². The van der Waals surface area contributed by atoms with Crippen LogP contribution in [0.5, 0.6) is 0 Å². The van der Waals surface area contributed by atoms with Crippen molar-refractivity contribution in [3.05, 3.63) is 48.3 Å². The van der Waals surface area contributed by atoms with Gasteiger partial charge in [0, 0.05) is 12.4 Å². The third kappa shape index (κ3) is 4.11. The summed E-state index contributed by atoms with van der Waals surface area (Å²) >= 11 is 0. The first-order chi connectivity index (χ1) is 7.38. The van der Waals surface area contributed by atoms with E-state index in [1.54, 1.807) is 0 Å². The van der Waals surface area contributed by atoms with Crippen LogP contribution in [0.4, 0.5) is 0 Å². The second-order valence-electron chi connectivity index (χ2n) is 3.49. The molecule has 0 bridgehead atoms. The Morgan fingerprint density at radius 1 is 1.27 bits per heavy atom. The van der Waals surface area contributed by atoms with Gasteiger partial charge in [-0.3, -0.25) is 4.98 Å². The summed E-state index contributed by atoms with van der Waals surface area (Å²) in [5, 5.41) is 0. The van der Waals surface area contributed by atoms with Crippen LogP contribution in [0.3, 0.4) is 0 Å². The number of nitrogens with zero attached hydrogens (tertiary/aromatic N) is 1. The lowest BCUT2D eigenvalue weighted by molar-refractivity contribution is 0.960. The standard InChI is InChI=1S/C14H19N/c1-3-5-7-13(8-6-4-2)14-9-11-15-12-10-14/h5,7-12H,3-4,6H2,1-2H3/b7-5+,13-8+. The van der Waals surface area contributed by atoms with E-state index in [1.165, 1.54) is 17.6 Å². The summed E-state index contributed by atoms with van der Waals surface area (Å²) in [6, 6.07) is 4.11. The maximum Gasteiger partial charge on any atom is 0.0273 e. The SMILES string of the molecule is CC/C=C/C(=C\CCC)c1ccncc1. The summed E-state index contributed by atoms with van der Waals surface area (Å²) in [5.74, 6) is 0. The fraction of sp³-hybridized carbons (Fsp3) is 0.357. The highest BCUT2D eigenvalue weighted by atomic mass is 14.6. The largest absolute Gasteiger partial charge is 0.265 e. The molecule has 80 valence electrons. The van der Waals surface area contributed by atoms with Crippen LogP contribution in [0, 0.1) is 0 Å². The average Bonchev–Trinajstić information content (AvgIpc) is 2.30. The van der Waals surface area contributed by atoms with Gasteiger partial charge in [-0.25, -0.2) is 0 Å². The minimum atomic E-state index is 1.08. The highest BCUT2D eigenvalue weighted by Gasteiger charge is 1.95. The molecule has 1 heteroatoms. The van der Waals surface area contributed by atoms with Crippen LogP contribution in [0.2, 0.25) is 0 Å². The Labute approximate surface area is 92.6 Å². The zero-order valence-corrected chi connectivity index (χ0v) is 9.61. The first-order valence-electron chi connectivity index (χ1n) is 5.65. The normalized spacial score (nSPS) is 12.3. The fourth-order valence-corrected chi connectivity index (χ4v) is 1.37. The molecule has 1 aromatic rings. The molecule has 1 nitrogen and oxygen atoms in total. The molecule has 15 heavy (non-hydrogen) atoms. The molecule has 0 fully saturated rings. The molecule has 0 unspecified atom stereocenters. The van der Waals surface area contributed by atoms with Gasteiger partial charge in [0.1, 0.15) is 0 Å². The van der Waals surface area contributed by atoms with Gasteiger partial charge in [-0.05, 0) is 36.1 Å². The molecule has 0 spiro atoms. The van der Waals surface area contributed by atoms with E-state index in [0.717, 1.165) is 12.8 Å². The van der Waals surface area contributed by atoms with E-state index in [1.807, 2.05) is 12.4 Å². The van der Waals surface area contributed by atoms with Crippen molar-refractivity contribution >= 4 is 5.57 Å². The Morgan fingerprint density at radius 3 is 2.60 bits per heavy atom. The van der Waals surface area contributed by atoms with Crippen molar-refractivity contribution in [2.24, 2.45) is 0 Å². The molecular formula is C14H19N. The molecule has 0 saturated carbocycles. The second-order valence-corrected chi connectivity index (χ2v) is 3.49. The number of allylic oxidation sites excluding steroid dienone is 4. The molecule has 0 atom stereocenters. The number of aromatic nitrogens is 1. The summed E-state index contributed by atoms with van der Waals surface area (Å²) in [5.41, 5.74) is 2.56. The number of hydrogen-bond donors (Lipinski definition) is 0. The molecule has 0 aliphatic carbocycles. The van der Waals surface area contributed by atoms with Gasteiger partial charge in [0.15, 0.2) is 0 Å². The van der Waals surface area contributed by atoms with Gasteiger partial charge in [-0.15, -0.1) is 0 Å². The molecule has 0 radical (unpaired) electrons. The van der Waals surface area contributed by atoms with Crippen LogP contribution in [0.15, 0.2) is 42.8 Å². The summed E-state index contributed by atoms with van der Waals surface area (Å²) in [7, 11) is 0. The van der Waals surface area contributed by atoms with E-state index >= 15 is 0 Å². The predicted molar refractivity (Wildman–Crippen MR) is 66.6 cm³/mol. The van der Waals surface area contributed by atoms with E-state index in [9.17, 15) is 0 Å². The molecule has 0 N–H and O–H groups in total. The topological polar surface area (TPSA) is 12.9 Å². The van der Waals surface area contributed by atoms with Crippen LogP contribution < -0.4 is 0 Å². The quantitative estimate of drug-likeness (QED) is 0.649. The zero-order chi connectivity index (χ0) is 10.9. The van der Waals surface area contributed by atoms with Crippen molar-refractivity contribution in [3.63, 3.8) is 0 Å². The van der Waals surface area contributed by atoms with E-state index in [2.05, 4.69) is 49.2 Å². The molecule has 0 saturated heterocycles. The molecule has 1 aromatic heterocycles. The van der Waals surface area contributed by atoms with Crippen LogP contribution in [0.25, 0.3) is 5.57 Å². The van der Waals surface area contributed by atoms with E-state index in [-0.39, 0.29) is 0 Å². The highest BCUT2D eigenvalue weighted by Crippen LogP contribution is 2.16. The van der Waals surface area contributed by atoms with Crippen molar-refractivity contribution in [1.82, 2.24) is 4.98 Å². The Hall–Kier alpha value is -1.37. The highest BCUT2D eigenvalue weighted by molar-refractivity contribution is 5.73. The fourth-order valence-electron chi connectivity index (χ4n) is 1.37. The number of rotatable bonds is 5. The van der Waals surface area contributed by atoms with Crippen LogP contribution in [0.1, 0.15) is 38.7 Å². The number of unbranched alkanes of at least 4 members (excludes halogenated alkanes) is 1. The lowest BCUT2D eigenvalue weighted by Crippen LogP contribution is -1.82. The number of pyridine rings is 1. The van der Waals surface area contributed by atoms with E-state index in [4.69, 9.17) is 0 Å².